The third-order valence-corrected chi connectivity index (χ3v) is 4.82. The van der Waals surface area contributed by atoms with Crippen molar-refractivity contribution in [2.24, 2.45) is 7.05 Å². The average Bonchev–Trinajstić information content (AvgIpc) is 3.11. The van der Waals surface area contributed by atoms with E-state index in [2.05, 4.69) is 20.6 Å². The number of nitrogens with zero attached hydrogens (tertiary/aromatic N) is 3. The Balaban J connectivity index is 1.71. The second-order valence-corrected chi connectivity index (χ2v) is 6.63. The number of aryl methyl sites for hydroxylation is 1. The first-order valence-corrected chi connectivity index (χ1v) is 9.09. The molecule has 3 rings (SSSR count). The summed E-state index contributed by atoms with van der Waals surface area (Å²) in [7, 11) is 3.56. The van der Waals surface area contributed by atoms with Crippen LogP contribution in [0.5, 0.6) is 0 Å². The van der Waals surface area contributed by atoms with Crippen molar-refractivity contribution < 1.29 is 13.9 Å². The van der Waals surface area contributed by atoms with Crippen LogP contribution in [0.4, 0.5) is 4.39 Å². The molecule has 1 amide bonds. The predicted octanol–water partition coefficient (Wildman–Crippen LogP) is 1.01. The lowest BCUT2D eigenvalue weighted by Gasteiger charge is -2.35. The van der Waals surface area contributed by atoms with E-state index in [0.717, 1.165) is 24.2 Å². The van der Waals surface area contributed by atoms with Gasteiger partial charge in [-0.15, -0.1) is 0 Å². The lowest BCUT2D eigenvalue weighted by molar-refractivity contribution is -0.123. The molecule has 1 aromatic carbocycles. The van der Waals surface area contributed by atoms with Gasteiger partial charge in [-0.05, 0) is 24.7 Å². The second-order valence-electron chi connectivity index (χ2n) is 6.63. The summed E-state index contributed by atoms with van der Waals surface area (Å²) in [6.45, 7) is 3.29. The molecule has 0 radical (unpaired) electrons. The van der Waals surface area contributed by atoms with Crippen molar-refractivity contribution in [1.29, 1.82) is 0 Å². The Labute approximate surface area is 158 Å². The van der Waals surface area contributed by atoms with Crippen LogP contribution in [0.25, 0.3) is 0 Å². The Kier molecular flexibility index (Phi) is 6.54. The van der Waals surface area contributed by atoms with E-state index < -0.39 is 6.04 Å². The van der Waals surface area contributed by atoms with Crippen LogP contribution < -0.4 is 10.6 Å². The van der Waals surface area contributed by atoms with Crippen LogP contribution in [0.1, 0.15) is 23.2 Å². The number of hydrogen-bond acceptors (Lipinski definition) is 5. The standard InChI is InChI=1S/C19H26FN5O2/c1-21-18(15-11-23-24(2)13-15)19(26)22-12-17(25-7-9-27-10-8-25)14-3-5-16(20)6-4-14/h3-6,11,13,17-18,21H,7-10,12H2,1-2H3,(H,22,26). The highest BCUT2D eigenvalue weighted by Gasteiger charge is 2.25. The smallest absolute Gasteiger partial charge is 0.241 e. The van der Waals surface area contributed by atoms with E-state index in [4.69, 9.17) is 4.74 Å². The minimum atomic E-state index is -0.475. The average molecular weight is 375 g/mol. The lowest BCUT2D eigenvalue weighted by atomic mass is 10.0. The molecule has 0 bridgehead atoms. The summed E-state index contributed by atoms with van der Waals surface area (Å²) in [6.07, 6.45) is 3.50. The van der Waals surface area contributed by atoms with Crippen molar-refractivity contribution >= 4 is 5.91 Å². The molecular formula is C19H26FN5O2. The minimum Gasteiger partial charge on any atom is -0.379 e. The molecule has 1 aliphatic heterocycles. The third-order valence-electron chi connectivity index (χ3n) is 4.82. The number of benzene rings is 1. The summed E-state index contributed by atoms with van der Waals surface area (Å²) in [6, 6.07) is 5.95. The van der Waals surface area contributed by atoms with Gasteiger partial charge in [-0.25, -0.2) is 4.39 Å². The topological polar surface area (TPSA) is 71.4 Å². The van der Waals surface area contributed by atoms with Gasteiger partial charge in [-0.3, -0.25) is 14.4 Å². The van der Waals surface area contributed by atoms with Crippen molar-refractivity contribution in [1.82, 2.24) is 25.3 Å². The number of carbonyl (C=O) groups excluding carboxylic acids is 1. The summed E-state index contributed by atoms with van der Waals surface area (Å²) in [4.78, 5) is 15.0. The zero-order valence-corrected chi connectivity index (χ0v) is 15.7. The maximum absolute atomic E-state index is 13.3. The van der Waals surface area contributed by atoms with E-state index in [-0.39, 0.29) is 17.8 Å². The molecule has 0 aliphatic carbocycles. The van der Waals surface area contributed by atoms with Crippen LogP contribution in [-0.2, 0) is 16.6 Å². The lowest BCUT2D eigenvalue weighted by Crippen LogP contribution is -2.45. The van der Waals surface area contributed by atoms with Gasteiger partial charge in [-0.2, -0.15) is 5.10 Å². The van der Waals surface area contributed by atoms with Gasteiger partial charge in [0.2, 0.25) is 5.91 Å². The fourth-order valence-corrected chi connectivity index (χ4v) is 3.37. The van der Waals surface area contributed by atoms with Crippen molar-refractivity contribution in [3.05, 3.63) is 53.6 Å². The second kappa shape index (κ2) is 9.07. The van der Waals surface area contributed by atoms with Gasteiger partial charge < -0.3 is 15.4 Å². The fraction of sp³-hybridized carbons (Fsp3) is 0.474. The zero-order valence-electron chi connectivity index (χ0n) is 15.7. The maximum atomic E-state index is 13.3. The van der Waals surface area contributed by atoms with E-state index in [0.29, 0.717) is 19.8 Å². The Morgan fingerprint density at radius 1 is 1.26 bits per heavy atom. The largest absolute Gasteiger partial charge is 0.379 e. The molecular weight excluding hydrogens is 349 g/mol. The molecule has 2 N–H and O–H groups in total. The van der Waals surface area contributed by atoms with Gasteiger partial charge in [0.15, 0.2) is 0 Å². The monoisotopic (exact) mass is 375 g/mol. The molecule has 2 atom stereocenters. The number of aromatic nitrogens is 2. The molecule has 1 saturated heterocycles. The molecule has 8 heteroatoms. The van der Waals surface area contributed by atoms with E-state index in [1.54, 1.807) is 30.1 Å². The van der Waals surface area contributed by atoms with Crippen LogP contribution in [0.15, 0.2) is 36.7 Å². The van der Waals surface area contributed by atoms with E-state index in [1.165, 1.54) is 12.1 Å². The van der Waals surface area contributed by atoms with Crippen molar-refractivity contribution in [3.8, 4) is 0 Å². The van der Waals surface area contributed by atoms with Crippen LogP contribution >= 0.6 is 0 Å². The first-order valence-electron chi connectivity index (χ1n) is 9.09. The molecule has 1 fully saturated rings. The van der Waals surface area contributed by atoms with Gasteiger partial charge >= 0.3 is 0 Å². The number of rotatable bonds is 7. The normalized spacial score (nSPS) is 17.4. The summed E-state index contributed by atoms with van der Waals surface area (Å²) >= 11 is 0. The quantitative estimate of drug-likeness (QED) is 0.756. The highest BCUT2D eigenvalue weighted by atomic mass is 19.1. The number of likely N-dealkylation sites (N-methyl/N-ethyl adjacent to an activating group) is 1. The highest BCUT2D eigenvalue weighted by molar-refractivity contribution is 5.83. The van der Waals surface area contributed by atoms with Crippen molar-refractivity contribution in [3.63, 3.8) is 0 Å². The Morgan fingerprint density at radius 3 is 2.56 bits per heavy atom. The number of carbonyl (C=O) groups is 1. The maximum Gasteiger partial charge on any atom is 0.241 e. The SMILES string of the molecule is CNC(C(=O)NCC(c1ccc(F)cc1)N1CCOCC1)c1cnn(C)c1. The number of amides is 1. The molecule has 1 aromatic heterocycles. The number of halogens is 1. The summed E-state index contributed by atoms with van der Waals surface area (Å²) in [5.41, 5.74) is 1.78. The van der Waals surface area contributed by atoms with E-state index in [9.17, 15) is 9.18 Å². The summed E-state index contributed by atoms with van der Waals surface area (Å²) in [5, 5.41) is 10.2. The molecule has 2 aromatic rings. The van der Waals surface area contributed by atoms with E-state index in [1.807, 2.05) is 13.2 Å². The molecule has 27 heavy (non-hydrogen) atoms. The van der Waals surface area contributed by atoms with Gasteiger partial charge in [-0.1, -0.05) is 12.1 Å². The number of nitrogens with one attached hydrogen (secondary N) is 2. The van der Waals surface area contributed by atoms with Gasteiger partial charge in [0.25, 0.3) is 0 Å². The molecule has 0 saturated carbocycles. The molecule has 7 nitrogen and oxygen atoms in total. The highest BCUT2D eigenvalue weighted by Crippen LogP contribution is 2.22. The molecule has 2 heterocycles. The predicted molar refractivity (Wildman–Crippen MR) is 99.6 cm³/mol. The van der Waals surface area contributed by atoms with Gasteiger partial charge in [0.1, 0.15) is 11.9 Å². The third kappa shape index (κ3) is 4.91. The first kappa shape index (κ1) is 19.5. The van der Waals surface area contributed by atoms with Crippen LogP contribution in [-0.4, -0.2) is 60.5 Å². The molecule has 2 unspecified atom stereocenters. The first-order chi connectivity index (χ1) is 13.1. The van der Waals surface area contributed by atoms with Gasteiger partial charge in [0, 0.05) is 38.4 Å². The summed E-state index contributed by atoms with van der Waals surface area (Å²) in [5.74, 6) is -0.388. The Morgan fingerprint density at radius 2 is 1.96 bits per heavy atom. The Bertz CT molecular complexity index is 743. The molecule has 1 aliphatic rings. The van der Waals surface area contributed by atoms with E-state index >= 15 is 0 Å². The van der Waals surface area contributed by atoms with Crippen LogP contribution in [0, 0.1) is 5.82 Å². The van der Waals surface area contributed by atoms with Gasteiger partial charge in [0.05, 0.1) is 25.5 Å². The number of morpholine rings is 1. The van der Waals surface area contributed by atoms with Crippen molar-refractivity contribution in [2.45, 2.75) is 12.1 Å². The van der Waals surface area contributed by atoms with Crippen LogP contribution in [0.2, 0.25) is 0 Å². The van der Waals surface area contributed by atoms with Crippen molar-refractivity contribution in [2.75, 3.05) is 39.9 Å². The molecule has 146 valence electrons. The zero-order chi connectivity index (χ0) is 19.2. The summed E-state index contributed by atoms with van der Waals surface area (Å²) < 4.78 is 20.4. The molecule has 0 spiro atoms. The Hall–Kier alpha value is -2.29. The fourth-order valence-electron chi connectivity index (χ4n) is 3.37. The van der Waals surface area contributed by atoms with Crippen LogP contribution in [0.3, 0.4) is 0 Å². The minimum absolute atomic E-state index is 0.0372. The number of hydrogen-bond donors (Lipinski definition) is 2. The number of ether oxygens (including phenoxy) is 1.